The SMILES string of the molecule is CC(C)N1CCc2c(sc(NC(=O)c3ccc(S(=O)(=O)N(C)C[C@H]4CCCO4)cc3)c2C(N)=O)C1. The van der Waals surface area contributed by atoms with Gasteiger partial charge in [0.15, 0.2) is 0 Å². The van der Waals surface area contributed by atoms with E-state index in [1.165, 1.54) is 47.0 Å². The summed E-state index contributed by atoms with van der Waals surface area (Å²) in [6.45, 7) is 6.73. The minimum Gasteiger partial charge on any atom is -0.377 e. The molecule has 35 heavy (non-hydrogen) atoms. The van der Waals surface area contributed by atoms with Gasteiger partial charge in [0.05, 0.1) is 16.6 Å². The first kappa shape index (κ1) is 25.8. The zero-order valence-electron chi connectivity index (χ0n) is 20.2. The lowest BCUT2D eigenvalue weighted by Gasteiger charge is -2.30. The largest absolute Gasteiger partial charge is 0.377 e. The van der Waals surface area contributed by atoms with Gasteiger partial charge in [-0.3, -0.25) is 14.5 Å². The van der Waals surface area contributed by atoms with Crippen molar-refractivity contribution in [3.8, 4) is 0 Å². The van der Waals surface area contributed by atoms with Crippen molar-refractivity contribution >= 4 is 38.2 Å². The number of primary amides is 1. The number of benzene rings is 1. The molecule has 1 aromatic carbocycles. The Hall–Kier alpha value is -2.31. The third kappa shape index (κ3) is 5.44. The molecule has 3 N–H and O–H groups in total. The van der Waals surface area contributed by atoms with Gasteiger partial charge >= 0.3 is 0 Å². The van der Waals surface area contributed by atoms with E-state index in [1.807, 2.05) is 0 Å². The molecule has 3 heterocycles. The molecule has 1 fully saturated rings. The summed E-state index contributed by atoms with van der Waals surface area (Å²) in [5, 5.41) is 3.26. The molecule has 0 spiro atoms. The predicted molar refractivity (Wildman–Crippen MR) is 135 cm³/mol. The van der Waals surface area contributed by atoms with Crippen molar-refractivity contribution in [1.29, 1.82) is 0 Å². The number of sulfonamides is 1. The van der Waals surface area contributed by atoms with Crippen molar-refractivity contribution in [2.24, 2.45) is 5.73 Å². The number of ether oxygens (including phenoxy) is 1. The predicted octanol–water partition coefficient (Wildman–Crippen LogP) is 2.67. The quantitative estimate of drug-likeness (QED) is 0.552. The molecule has 2 aliphatic rings. The van der Waals surface area contributed by atoms with E-state index in [-0.39, 0.29) is 23.1 Å². The molecule has 4 rings (SSSR count). The second-order valence-corrected chi connectivity index (χ2v) is 12.4. The second-order valence-electron chi connectivity index (χ2n) is 9.29. The Bertz CT molecular complexity index is 1200. The van der Waals surface area contributed by atoms with Gasteiger partial charge in [-0.05, 0) is 62.9 Å². The Balaban J connectivity index is 1.49. The molecule has 0 saturated carbocycles. The number of anilines is 1. The molecular formula is C24H32N4O5S2. The van der Waals surface area contributed by atoms with Crippen LogP contribution in [0.5, 0.6) is 0 Å². The van der Waals surface area contributed by atoms with Crippen LogP contribution in [0.2, 0.25) is 0 Å². The fourth-order valence-corrected chi connectivity index (χ4v) is 7.00. The summed E-state index contributed by atoms with van der Waals surface area (Å²) in [6.07, 6.45) is 2.38. The molecule has 2 amide bonds. The zero-order valence-corrected chi connectivity index (χ0v) is 21.9. The maximum Gasteiger partial charge on any atom is 0.256 e. The first-order chi connectivity index (χ1) is 16.6. The van der Waals surface area contributed by atoms with Crippen molar-refractivity contribution in [3.63, 3.8) is 0 Å². The van der Waals surface area contributed by atoms with Crippen molar-refractivity contribution in [1.82, 2.24) is 9.21 Å². The number of nitrogens with zero attached hydrogens (tertiary/aromatic N) is 2. The number of carbonyl (C=O) groups excluding carboxylic acids is 2. The monoisotopic (exact) mass is 520 g/mol. The van der Waals surface area contributed by atoms with Crippen LogP contribution >= 0.6 is 11.3 Å². The van der Waals surface area contributed by atoms with Crippen LogP contribution in [-0.2, 0) is 27.7 Å². The van der Waals surface area contributed by atoms with E-state index in [0.29, 0.717) is 36.2 Å². The average Bonchev–Trinajstić information content (AvgIpc) is 3.45. The van der Waals surface area contributed by atoms with E-state index in [2.05, 4.69) is 24.1 Å². The number of nitrogens with two attached hydrogens (primary N) is 1. The van der Waals surface area contributed by atoms with E-state index >= 15 is 0 Å². The molecule has 2 aliphatic heterocycles. The fourth-order valence-electron chi connectivity index (χ4n) is 4.52. The van der Waals surface area contributed by atoms with Crippen LogP contribution < -0.4 is 11.1 Å². The highest BCUT2D eigenvalue weighted by Crippen LogP contribution is 2.37. The number of thiophene rings is 1. The molecule has 0 aliphatic carbocycles. The van der Waals surface area contributed by atoms with Gasteiger partial charge < -0.3 is 15.8 Å². The van der Waals surface area contributed by atoms with Crippen molar-refractivity contribution in [2.75, 3.05) is 32.1 Å². The minimum atomic E-state index is -3.70. The lowest BCUT2D eigenvalue weighted by Crippen LogP contribution is -2.35. The van der Waals surface area contributed by atoms with E-state index in [4.69, 9.17) is 10.5 Å². The van der Waals surface area contributed by atoms with E-state index < -0.39 is 21.8 Å². The van der Waals surface area contributed by atoms with E-state index in [1.54, 1.807) is 0 Å². The number of fused-ring (bicyclic) bond motifs is 1. The zero-order chi connectivity index (χ0) is 25.3. The number of likely N-dealkylation sites (N-methyl/N-ethyl adjacent to an activating group) is 1. The molecule has 1 atom stereocenters. The molecule has 0 radical (unpaired) electrons. The summed E-state index contributed by atoms with van der Waals surface area (Å²) in [5.41, 5.74) is 7.24. The Labute approximate surface area is 210 Å². The number of nitrogens with one attached hydrogen (secondary N) is 1. The van der Waals surface area contributed by atoms with Gasteiger partial charge in [-0.25, -0.2) is 8.42 Å². The van der Waals surface area contributed by atoms with Gasteiger partial charge in [-0.15, -0.1) is 11.3 Å². The molecule has 2 aromatic rings. The second kappa shape index (κ2) is 10.4. The fraction of sp³-hybridized carbons (Fsp3) is 0.500. The highest BCUT2D eigenvalue weighted by molar-refractivity contribution is 7.89. The van der Waals surface area contributed by atoms with E-state index in [9.17, 15) is 18.0 Å². The molecule has 9 nitrogen and oxygen atoms in total. The summed E-state index contributed by atoms with van der Waals surface area (Å²) in [5.74, 6) is -0.991. The topological polar surface area (TPSA) is 122 Å². The van der Waals surface area contributed by atoms with Crippen LogP contribution in [0.15, 0.2) is 29.2 Å². The van der Waals surface area contributed by atoms with Crippen LogP contribution in [0, 0.1) is 0 Å². The maximum atomic E-state index is 13.0. The Morgan fingerprint density at radius 1 is 1.29 bits per heavy atom. The van der Waals surface area contributed by atoms with Gasteiger partial charge in [0, 0.05) is 49.8 Å². The molecule has 11 heteroatoms. The number of carbonyl (C=O) groups is 2. The normalized spacial score (nSPS) is 18.7. The van der Waals surface area contributed by atoms with Crippen LogP contribution in [-0.4, -0.2) is 68.3 Å². The minimum absolute atomic E-state index is 0.0940. The standard InChI is InChI=1S/C24H32N4O5S2/c1-15(2)28-11-10-19-20(14-28)34-24(21(19)22(25)29)26-23(30)16-6-8-18(9-7-16)35(31,32)27(3)13-17-5-4-12-33-17/h6-9,15,17H,4-5,10-14H2,1-3H3,(H2,25,29)(H,26,30)/t17-/m1/s1. The van der Waals surface area contributed by atoms with Crippen LogP contribution in [0.4, 0.5) is 5.00 Å². The number of hydrogen-bond donors (Lipinski definition) is 2. The summed E-state index contributed by atoms with van der Waals surface area (Å²) in [7, 11) is -2.17. The van der Waals surface area contributed by atoms with Crippen molar-refractivity contribution in [2.45, 2.75) is 56.7 Å². The first-order valence-electron chi connectivity index (χ1n) is 11.8. The molecule has 0 bridgehead atoms. The molecule has 1 saturated heterocycles. The maximum absolute atomic E-state index is 13.0. The van der Waals surface area contributed by atoms with Crippen LogP contribution in [0.1, 0.15) is 57.8 Å². The summed E-state index contributed by atoms with van der Waals surface area (Å²) in [6, 6.07) is 6.16. The molecular weight excluding hydrogens is 488 g/mol. The Morgan fingerprint density at radius 3 is 2.60 bits per heavy atom. The molecule has 0 unspecified atom stereocenters. The summed E-state index contributed by atoms with van der Waals surface area (Å²) < 4.78 is 32.7. The Morgan fingerprint density at radius 2 is 2.00 bits per heavy atom. The third-order valence-corrected chi connectivity index (χ3v) is 9.57. The van der Waals surface area contributed by atoms with E-state index in [0.717, 1.165) is 29.8 Å². The Kier molecular flexibility index (Phi) is 7.62. The first-order valence-corrected chi connectivity index (χ1v) is 14.0. The number of rotatable bonds is 8. The van der Waals surface area contributed by atoms with Crippen molar-refractivity contribution in [3.05, 3.63) is 45.8 Å². The van der Waals surface area contributed by atoms with Gasteiger partial charge in [-0.1, -0.05) is 0 Å². The lowest BCUT2D eigenvalue weighted by atomic mass is 10.0. The average molecular weight is 521 g/mol. The molecule has 190 valence electrons. The summed E-state index contributed by atoms with van der Waals surface area (Å²) in [4.78, 5) is 28.6. The highest BCUT2D eigenvalue weighted by atomic mass is 32.2. The highest BCUT2D eigenvalue weighted by Gasteiger charge is 2.29. The third-order valence-electron chi connectivity index (χ3n) is 6.60. The van der Waals surface area contributed by atoms with Gasteiger partial charge in [0.1, 0.15) is 5.00 Å². The van der Waals surface area contributed by atoms with Crippen LogP contribution in [0.3, 0.4) is 0 Å². The van der Waals surface area contributed by atoms with Gasteiger partial charge in [0.2, 0.25) is 10.0 Å². The van der Waals surface area contributed by atoms with Crippen molar-refractivity contribution < 1.29 is 22.7 Å². The number of hydrogen-bond acceptors (Lipinski definition) is 7. The van der Waals surface area contributed by atoms with Gasteiger partial charge in [-0.2, -0.15) is 4.31 Å². The van der Waals surface area contributed by atoms with Gasteiger partial charge in [0.25, 0.3) is 11.8 Å². The van der Waals surface area contributed by atoms with Crippen LogP contribution in [0.25, 0.3) is 0 Å². The molecule has 1 aromatic heterocycles. The summed E-state index contributed by atoms with van der Waals surface area (Å²) >= 11 is 1.37. The smallest absolute Gasteiger partial charge is 0.256 e. The lowest BCUT2D eigenvalue weighted by molar-refractivity contribution is 0.0978. The number of amides is 2.